The Hall–Kier alpha value is -0.240. The zero-order valence-corrected chi connectivity index (χ0v) is 10.3. The molecular weight excluding hydrogens is 212 g/mol. The average Bonchev–Trinajstić information content (AvgIpc) is 2.24. The Morgan fingerprint density at radius 3 is 1.94 bits per heavy atom. The van der Waals surface area contributed by atoms with Crippen LogP contribution in [0.5, 0.6) is 0 Å². The van der Waals surface area contributed by atoms with Gasteiger partial charge in [0.15, 0.2) is 6.23 Å². The molecule has 0 aliphatic carbocycles. The van der Waals surface area contributed by atoms with Crippen molar-refractivity contribution in [1.29, 1.82) is 0 Å². The molecule has 6 heteroatoms. The first-order valence-corrected chi connectivity index (χ1v) is 5.50. The Labute approximate surface area is 97.0 Å². The van der Waals surface area contributed by atoms with Crippen LogP contribution in [0.2, 0.25) is 0 Å². The third kappa shape index (κ3) is 5.20. The standard InChI is InChI=1S/C10H24N2O4/c1-4-16-10(9(15)11(2)3)12(5-7-13)6-8-14/h9-10,13-15H,4-8H2,1-3H3. The van der Waals surface area contributed by atoms with Gasteiger partial charge < -0.3 is 20.1 Å². The fourth-order valence-corrected chi connectivity index (χ4v) is 1.43. The number of aliphatic hydroxyl groups excluding tert-OH is 3. The van der Waals surface area contributed by atoms with E-state index in [1.54, 1.807) is 23.9 Å². The summed E-state index contributed by atoms with van der Waals surface area (Å²) < 4.78 is 5.44. The van der Waals surface area contributed by atoms with Crippen LogP contribution in [0.1, 0.15) is 6.92 Å². The lowest BCUT2D eigenvalue weighted by atomic mass is 10.3. The Bertz CT molecular complexity index is 163. The van der Waals surface area contributed by atoms with E-state index in [0.717, 1.165) is 0 Å². The summed E-state index contributed by atoms with van der Waals surface area (Å²) in [7, 11) is 3.49. The first kappa shape index (κ1) is 15.8. The third-order valence-corrected chi connectivity index (χ3v) is 2.26. The summed E-state index contributed by atoms with van der Waals surface area (Å²) in [5, 5.41) is 27.8. The highest BCUT2D eigenvalue weighted by atomic mass is 16.5. The van der Waals surface area contributed by atoms with Crippen LogP contribution in [0.4, 0.5) is 0 Å². The van der Waals surface area contributed by atoms with Crippen molar-refractivity contribution in [2.45, 2.75) is 19.4 Å². The minimum Gasteiger partial charge on any atom is -0.395 e. The summed E-state index contributed by atoms with van der Waals surface area (Å²) >= 11 is 0. The predicted molar refractivity (Wildman–Crippen MR) is 60.9 cm³/mol. The second-order valence-corrected chi connectivity index (χ2v) is 3.71. The van der Waals surface area contributed by atoms with Crippen molar-refractivity contribution in [2.24, 2.45) is 0 Å². The maximum absolute atomic E-state index is 9.94. The van der Waals surface area contributed by atoms with Crippen molar-refractivity contribution in [3.8, 4) is 0 Å². The van der Waals surface area contributed by atoms with Crippen LogP contribution in [0.15, 0.2) is 0 Å². The molecule has 6 nitrogen and oxygen atoms in total. The molecule has 0 spiro atoms. The lowest BCUT2D eigenvalue weighted by Crippen LogP contribution is -2.52. The molecule has 0 fully saturated rings. The molecule has 0 aliphatic rings. The number of rotatable bonds is 9. The quantitative estimate of drug-likeness (QED) is 0.424. The van der Waals surface area contributed by atoms with E-state index in [4.69, 9.17) is 14.9 Å². The van der Waals surface area contributed by atoms with E-state index in [1.807, 2.05) is 6.92 Å². The SMILES string of the molecule is CCOC(C(O)N(C)C)N(CCO)CCO. The van der Waals surface area contributed by atoms with Crippen molar-refractivity contribution in [3.05, 3.63) is 0 Å². The van der Waals surface area contributed by atoms with E-state index in [9.17, 15) is 5.11 Å². The zero-order chi connectivity index (χ0) is 12.6. The van der Waals surface area contributed by atoms with Gasteiger partial charge >= 0.3 is 0 Å². The van der Waals surface area contributed by atoms with Gasteiger partial charge in [-0.25, -0.2) is 0 Å². The predicted octanol–water partition coefficient (Wildman–Crippen LogP) is -1.48. The van der Waals surface area contributed by atoms with Crippen LogP contribution in [-0.4, -0.2) is 84.6 Å². The minimum atomic E-state index is -0.793. The van der Waals surface area contributed by atoms with Crippen LogP contribution >= 0.6 is 0 Å². The van der Waals surface area contributed by atoms with E-state index in [-0.39, 0.29) is 13.2 Å². The van der Waals surface area contributed by atoms with E-state index in [1.165, 1.54) is 0 Å². The molecule has 0 rings (SSSR count). The molecule has 0 amide bonds. The lowest BCUT2D eigenvalue weighted by Gasteiger charge is -2.36. The van der Waals surface area contributed by atoms with E-state index in [0.29, 0.717) is 19.7 Å². The molecule has 98 valence electrons. The highest BCUT2D eigenvalue weighted by molar-refractivity contribution is 4.69. The van der Waals surface area contributed by atoms with Gasteiger partial charge in [0, 0.05) is 19.7 Å². The molecule has 0 aromatic heterocycles. The van der Waals surface area contributed by atoms with Gasteiger partial charge in [-0.3, -0.25) is 9.80 Å². The van der Waals surface area contributed by atoms with Crippen LogP contribution in [0.3, 0.4) is 0 Å². The summed E-state index contributed by atoms with van der Waals surface area (Å²) in [6.07, 6.45) is -1.34. The van der Waals surface area contributed by atoms with Crippen molar-refractivity contribution in [1.82, 2.24) is 9.80 Å². The minimum absolute atomic E-state index is 0.0380. The van der Waals surface area contributed by atoms with Crippen LogP contribution in [0.25, 0.3) is 0 Å². The first-order valence-electron chi connectivity index (χ1n) is 5.50. The average molecular weight is 236 g/mol. The molecule has 16 heavy (non-hydrogen) atoms. The van der Waals surface area contributed by atoms with Gasteiger partial charge in [-0.1, -0.05) is 0 Å². The number of ether oxygens (including phenoxy) is 1. The Morgan fingerprint density at radius 1 is 1.12 bits per heavy atom. The van der Waals surface area contributed by atoms with Gasteiger partial charge in [-0.05, 0) is 21.0 Å². The smallest absolute Gasteiger partial charge is 0.150 e. The number of nitrogens with zero attached hydrogens (tertiary/aromatic N) is 2. The van der Waals surface area contributed by atoms with Crippen LogP contribution in [-0.2, 0) is 4.74 Å². The molecule has 0 saturated heterocycles. The van der Waals surface area contributed by atoms with Gasteiger partial charge in [0.1, 0.15) is 6.23 Å². The molecular formula is C10H24N2O4. The van der Waals surface area contributed by atoms with Gasteiger partial charge in [-0.15, -0.1) is 0 Å². The largest absolute Gasteiger partial charge is 0.395 e. The lowest BCUT2D eigenvalue weighted by molar-refractivity contribution is -0.166. The van der Waals surface area contributed by atoms with E-state index in [2.05, 4.69) is 0 Å². The molecule has 3 N–H and O–H groups in total. The second kappa shape index (κ2) is 8.86. The fraction of sp³-hybridized carbons (Fsp3) is 1.00. The highest BCUT2D eigenvalue weighted by Crippen LogP contribution is 2.08. The Balaban J connectivity index is 4.54. The summed E-state index contributed by atoms with van der Waals surface area (Å²) in [6.45, 7) is 2.94. The third-order valence-electron chi connectivity index (χ3n) is 2.26. The van der Waals surface area contributed by atoms with Gasteiger partial charge in [0.05, 0.1) is 13.2 Å². The maximum atomic E-state index is 9.94. The topological polar surface area (TPSA) is 76.4 Å². The van der Waals surface area contributed by atoms with Crippen molar-refractivity contribution in [3.63, 3.8) is 0 Å². The summed E-state index contributed by atoms with van der Waals surface area (Å²) in [4.78, 5) is 3.34. The second-order valence-electron chi connectivity index (χ2n) is 3.71. The molecule has 0 aromatic carbocycles. The summed E-state index contributed by atoms with van der Waals surface area (Å²) in [5.74, 6) is 0. The molecule has 2 atom stereocenters. The molecule has 0 bridgehead atoms. The Kier molecular flexibility index (Phi) is 8.73. The number of likely N-dealkylation sites (N-methyl/N-ethyl adjacent to an activating group) is 1. The molecule has 0 saturated carbocycles. The zero-order valence-electron chi connectivity index (χ0n) is 10.3. The Morgan fingerprint density at radius 2 is 1.62 bits per heavy atom. The highest BCUT2D eigenvalue weighted by Gasteiger charge is 2.27. The summed E-state index contributed by atoms with van der Waals surface area (Å²) in [5.41, 5.74) is 0. The molecule has 0 radical (unpaired) electrons. The molecule has 0 aromatic rings. The van der Waals surface area contributed by atoms with Gasteiger partial charge in [-0.2, -0.15) is 0 Å². The van der Waals surface area contributed by atoms with Gasteiger partial charge in [0.2, 0.25) is 0 Å². The number of hydrogen-bond donors (Lipinski definition) is 3. The van der Waals surface area contributed by atoms with Gasteiger partial charge in [0.25, 0.3) is 0 Å². The van der Waals surface area contributed by atoms with Crippen LogP contribution in [0, 0.1) is 0 Å². The van der Waals surface area contributed by atoms with Crippen molar-refractivity contribution >= 4 is 0 Å². The van der Waals surface area contributed by atoms with E-state index < -0.39 is 12.5 Å². The molecule has 0 heterocycles. The van der Waals surface area contributed by atoms with E-state index >= 15 is 0 Å². The number of hydrogen-bond acceptors (Lipinski definition) is 6. The van der Waals surface area contributed by atoms with Crippen molar-refractivity contribution in [2.75, 3.05) is 47.0 Å². The first-order chi connectivity index (χ1) is 7.58. The van der Waals surface area contributed by atoms with Crippen molar-refractivity contribution < 1.29 is 20.1 Å². The molecule has 0 aliphatic heterocycles. The normalized spacial score (nSPS) is 15.8. The summed E-state index contributed by atoms with van der Waals surface area (Å²) in [6, 6.07) is 0. The number of aliphatic hydroxyl groups is 3. The maximum Gasteiger partial charge on any atom is 0.150 e. The monoisotopic (exact) mass is 236 g/mol. The van der Waals surface area contributed by atoms with Crippen LogP contribution < -0.4 is 0 Å². The molecule has 2 unspecified atom stereocenters. The fourth-order valence-electron chi connectivity index (χ4n) is 1.43.